The number of aryl methyl sites for hydroxylation is 2. The number of hydrogen-bond donors (Lipinski definition) is 1. The molecule has 0 radical (unpaired) electrons. The zero-order chi connectivity index (χ0) is 25.2. The lowest BCUT2D eigenvalue weighted by Crippen LogP contribution is -2.47. The summed E-state index contributed by atoms with van der Waals surface area (Å²) in [5.41, 5.74) is 5.63. The van der Waals surface area contributed by atoms with Crippen molar-refractivity contribution in [3.8, 4) is 11.5 Å². The lowest BCUT2D eigenvalue weighted by Gasteiger charge is -2.41. The number of benzene rings is 3. The summed E-state index contributed by atoms with van der Waals surface area (Å²) in [5, 5.41) is 0. The molecule has 186 valence electrons. The van der Waals surface area contributed by atoms with Crippen LogP contribution in [0.25, 0.3) is 0 Å². The van der Waals surface area contributed by atoms with E-state index in [1.165, 1.54) is 11.1 Å². The van der Waals surface area contributed by atoms with Gasteiger partial charge in [0.1, 0.15) is 0 Å². The standard InChI is InChI=1S/C28H34N2O4S/c1-19-6-10-22(11-7-19)18-30-15-14-23-16-26(33-4)27(34-5)17-25(23)28(30)21(3)29-35(31,32)24-12-8-20(2)9-13-24/h6-13,16-17,21,28-29H,14-15,18H2,1-5H3/t21-,28-/m0/s1. The van der Waals surface area contributed by atoms with Crippen molar-refractivity contribution < 1.29 is 17.9 Å². The van der Waals surface area contributed by atoms with E-state index >= 15 is 0 Å². The third kappa shape index (κ3) is 5.53. The summed E-state index contributed by atoms with van der Waals surface area (Å²) in [7, 11) is -0.439. The third-order valence-corrected chi connectivity index (χ3v) is 8.25. The van der Waals surface area contributed by atoms with Crippen LogP contribution in [-0.4, -0.2) is 40.1 Å². The van der Waals surface area contributed by atoms with Gasteiger partial charge in [-0.15, -0.1) is 0 Å². The highest BCUT2D eigenvalue weighted by atomic mass is 32.2. The van der Waals surface area contributed by atoms with Gasteiger partial charge in [0.2, 0.25) is 10.0 Å². The molecule has 0 amide bonds. The molecule has 3 aromatic rings. The predicted octanol–water partition coefficient (Wildman–Crippen LogP) is 4.79. The summed E-state index contributed by atoms with van der Waals surface area (Å²) >= 11 is 0. The summed E-state index contributed by atoms with van der Waals surface area (Å²) in [6.45, 7) is 7.47. The number of rotatable bonds is 8. The van der Waals surface area contributed by atoms with Crippen molar-refractivity contribution in [3.05, 3.63) is 88.5 Å². The Bertz CT molecular complexity index is 1270. The fraction of sp³-hybridized carbons (Fsp3) is 0.357. The molecule has 0 saturated carbocycles. The topological polar surface area (TPSA) is 67.9 Å². The van der Waals surface area contributed by atoms with E-state index in [9.17, 15) is 8.42 Å². The highest BCUT2D eigenvalue weighted by Gasteiger charge is 2.35. The average Bonchev–Trinajstić information content (AvgIpc) is 2.84. The Labute approximate surface area is 208 Å². The smallest absolute Gasteiger partial charge is 0.240 e. The van der Waals surface area contributed by atoms with Crippen molar-refractivity contribution >= 4 is 10.0 Å². The van der Waals surface area contributed by atoms with Crippen LogP contribution in [0.5, 0.6) is 11.5 Å². The molecule has 1 aliphatic rings. The molecule has 0 saturated heterocycles. The first kappa shape index (κ1) is 25.2. The van der Waals surface area contributed by atoms with Gasteiger partial charge in [-0.2, -0.15) is 0 Å². The molecule has 1 N–H and O–H groups in total. The predicted molar refractivity (Wildman–Crippen MR) is 139 cm³/mol. The van der Waals surface area contributed by atoms with Crippen LogP contribution in [0.15, 0.2) is 65.6 Å². The summed E-state index contributed by atoms with van der Waals surface area (Å²) in [4.78, 5) is 2.62. The lowest BCUT2D eigenvalue weighted by atomic mass is 9.88. The lowest BCUT2D eigenvalue weighted by molar-refractivity contribution is 0.150. The first-order chi connectivity index (χ1) is 16.7. The number of nitrogens with one attached hydrogen (secondary N) is 1. The van der Waals surface area contributed by atoms with E-state index in [1.807, 2.05) is 38.1 Å². The third-order valence-electron chi connectivity index (χ3n) is 6.68. The van der Waals surface area contributed by atoms with E-state index in [4.69, 9.17) is 9.47 Å². The van der Waals surface area contributed by atoms with Crippen molar-refractivity contribution in [1.82, 2.24) is 9.62 Å². The molecule has 35 heavy (non-hydrogen) atoms. The first-order valence-electron chi connectivity index (χ1n) is 11.8. The summed E-state index contributed by atoms with van der Waals surface area (Å²) in [6, 6.07) is 18.9. The van der Waals surface area contributed by atoms with Crippen molar-refractivity contribution in [2.45, 2.75) is 50.7 Å². The van der Waals surface area contributed by atoms with Gasteiger partial charge in [0.15, 0.2) is 11.5 Å². The van der Waals surface area contributed by atoms with Gasteiger partial charge in [0.25, 0.3) is 0 Å². The molecule has 1 aliphatic heterocycles. The number of sulfonamides is 1. The fourth-order valence-electron chi connectivity index (χ4n) is 4.81. The van der Waals surface area contributed by atoms with Crippen molar-refractivity contribution in [3.63, 3.8) is 0 Å². The minimum absolute atomic E-state index is 0.180. The summed E-state index contributed by atoms with van der Waals surface area (Å²) in [5.74, 6) is 1.33. The molecule has 3 aromatic carbocycles. The summed E-state index contributed by atoms with van der Waals surface area (Å²) < 4.78 is 40.6. The maximum Gasteiger partial charge on any atom is 0.240 e. The van der Waals surface area contributed by atoms with Crippen LogP contribution in [0.3, 0.4) is 0 Å². The molecular formula is C28H34N2O4S. The molecule has 2 atom stereocenters. The highest BCUT2D eigenvalue weighted by molar-refractivity contribution is 7.89. The Morgan fingerprint density at radius 1 is 0.943 bits per heavy atom. The van der Waals surface area contributed by atoms with Gasteiger partial charge in [0.05, 0.1) is 25.2 Å². The van der Waals surface area contributed by atoms with Crippen LogP contribution < -0.4 is 14.2 Å². The molecule has 0 bridgehead atoms. The fourth-order valence-corrected chi connectivity index (χ4v) is 6.06. The number of fused-ring (bicyclic) bond motifs is 1. The SMILES string of the molecule is COc1cc2c(cc1OC)[C@H]([C@H](C)NS(=O)(=O)c1ccc(C)cc1)N(Cc1ccc(C)cc1)CC2. The van der Waals surface area contributed by atoms with E-state index in [1.54, 1.807) is 26.4 Å². The molecule has 4 rings (SSSR count). The van der Waals surface area contributed by atoms with E-state index in [-0.39, 0.29) is 17.0 Å². The zero-order valence-corrected chi connectivity index (χ0v) is 21.9. The molecule has 7 heteroatoms. The normalized spacial score (nSPS) is 17.0. The molecule has 0 unspecified atom stereocenters. The first-order valence-corrected chi connectivity index (χ1v) is 13.3. The van der Waals surface area contributed by atoms with Gasteiger partial charge in [-0.05, 0) is 68.1 Å². The molecule has 0 aliphatic carbocycles. The van der Waals surface area contributed by atoms with Crippen LogP contribution in [0.2, 0.25) is 0 Å². The van der Waals surface area contributed by atoms with Gasteiger partial charge in [-0.1, -0.05) is 47.5 Å². The number of hydrogen-bond acceptors (Lipinski definition) is 5. The van der Waals surface area contributed by atoms with Crippen molar-refractivity contribution in [2.24, 2.45) is 0 Å². The van der Waals surface area contributed by atoms with Crippen LogP contribution in [0.4, 0.5) is 0 Å². The van der Waals surface area contributed by atoms with Crippen LogP contribution in [0.1, 0.15) is 40.8 Å². The largest absolute Gasteiger partial charge is 0.493 e. The second-order valence-corrected chi connectivity index (χ2v) is 11.0. The van der Waals surface area contributed by atoms with Gasteiger partial charge in [-0.25, -0.2) is 13.1 Å². The number of ether oxygens (including phenoxy) is 2. The monoisotopic (exact) mass is 494 g/mol. The van der Waals surface area contributed by atoms with E-state index < -0.39 is 10.0 Å². The van der Waals surface area contributed by atoms with E-state index in [0.717, 1.165) is 36.2 Å². The minimum atomic E-state index is -3.69. The molecule has 6 nitrogen and oxygen atoms in total. The molecule has 0 fully saturated rings. The molecule has 1 heterocycles. The Balaban J connectivity index is 1.71. The Morgan fingerprint density at radius 2 is 1.51 bits per heavy atom. The van der Waals surface area contributed by atoms with Crippen molar-refractivity contribution in [2.75, 3.05) is 20.8 Å². The molecule has 0 aromatic heterocycles. The van der Waals surface area contributed by atoms with Crippen LogP contribution >= 0.6 is 0 Å². The van der Waals surface area contributed by atoms with Gasteiger partial charge in [0, 0.05) is 19.1 Å². The highest BCUT2D eigenvalue weighted by Crippen LogP contribution is 2.40. The minimum Gasteiger partial charge on any atom is -0.493 e. The number of methoxy groups -OCH3 is 2. The number of nitrogens with zero attached hydrogens (tertiary/aromatic N) is 1. The second-order valence-electron chi connectivity index (χ2n) is 9.28. The van der Waals surface area contributed by atoms with Crippen LogP contribution in [-0.2, 0) is 23.0 Å². The Kier molecular flexibility index (Phi) is 7.50. The molecule has 0 spiro atoms. The Morgan fingerprint density at radius 3 is 2.11 bits per heavy atom. The second kappa shape index (κ2) is 10.4. The summed E-state index contributed by atoms with van der Waals surface area (Å²) in [6.07, 6.45) is 0.843. The molecular weight excluding hydrogens is 460 g/mol. The maximum atomic E-state index is 13.3. The Hall–Kier alpha value is -2.87. The zero-order valence-electron chi connectivity index (χ0n) is 21.0. The van der Waals surface area contributed by atoms with E-state index in [2.05, 4.69) is 40.8 Å². The van der Waals surface area contributed by atoms with Crippen LogP contribution in [0, 0.1) is 13.8 Å². The van der Waals surface area contributed by atoms with E-state index in [0.29, 0.717) is 11.5 Å². The average molecular weight is 495 g/mol. The van der Waals surface area contributed by atoms with Gasteiger partial charge < -0.3 is 9.47 Å². The van der Waals surface area contributed by atoms with Gasteiger partial charge in [-0.3, -0.25) is 4.90 Å². The quantitative estimate of drug-likeness (QED) is 0.488. The van der Waals surface area contributed by atoms with Gasteiger partial charge >= 0.3 is 0 Å². The maximum absolute atomic E-state index is 13.3. The van der Waals surface area contributed by atoms with Crippen molar-refractivity contribution in [1.29, 1.82) is 0 Å².